The second-order valence-electron chi connectivity index (χ2n) is 7.24. The third-order valence-corrected chi connectivity index (χ3v) is 5.76. The van der Waals surface area contributed by atoms with Gasteiger partial charge in [-0.15, -0.1) is 11.3 Å². The topological polar surface area (TPSA) is 86.0 Å². The zero-order valence-electron chi connectivity index (χ0n) is 17.4. The van der Waals surface area contributed by atoms with E-state index in [-0.39, 0.29) is 11.7 Å². The van der Waals surface area contributed by atoms with Gasteiger partial charge in [-0.05, 0) is 30.7 Å². The molecular weight excluding hydrogens is 450 g/mol. The summed E-state index contributed by atoms with van der Waals surface area (Å²) in [5.41, 5.74) is 0.427. The number of carbonyl (C=O) groups excluding carboxylic acids is 1. The van der Waals surface area contributed by atoms with Gasteiger partial charge in [-0.3, -0.25) is 18.7 Å². The van der Waals surface area contributed by atoms with Crippen LogP contribution in [-0.2, 0) is 17.9 Å². The first-order valence-electron chi connectivity index (χ1n) is 9.89. The van der Waals surface area contributed by atoms with Crippen LogP contribution >= 0.6 is 11.3 Å². The average Bonchev–Trinajstić information content (AvgIpc) is 3.15. The highest BCUT2D eigenvalue weighted by Gasteiger charge is 2.16. The van der Waals surface area contributed by atoms with Crippen LogP contribution in [0.3, 0.4) is 0 Å². The summed E-state index contributed by atoms with van der Waals surface area (Å²) in [6.45, 7) is 1.49. The van der Waals surface area contributed by atoms with Crippen molar-refractivity contribution in [1.29, 1.82) is 0 Å². The van der Waals surface area contributed by atoms with Gasteiger partial charge >= 0.3 is 5.69 Å². The predicted octanol–water partition coefficient (Wildman–Crippen LogP) is 3.41. The number of hydrogen-bond donors (Lipinski definition) is 1. The molecule has 0 aliphatic rings. The second-order valence-corrected chi connectivity index (χ2v) is 8.44. The minimum absolute atomic E-state index is 0.214. The molecule has 1 amide bonds. The summed E-state index contributed by atoms with van der Waals surface area (Å²) in [5, 5.41) is 2.78. The molecule has 7 nitrogen and oxygen atoms in total. The fraction of sp³-hybridized carbons (Fsp3) is 0.130. The fourth-order valence-electron chi connectivity index (χ4n) is 3.27. The van der Waals surface area contributed by atoms with E-state index >= 15 is 0 Å². The highest BCUT2D eigenvalue weighted by atomic mass is 32.1. The number of halogens is 2. The largest absolute Gasteiger partial charge is 0.331 e. The molecule has 2 heterocycles. The van der Waals surface area contributed by atoms with Gasteiger partial charge in [0, 0.05) is 22.7 Å². The minimum Gasteiger partial charge on any atom is -0.300 e. The number of anilines is 1. The van der Waals surface area contributed by atoms with E-state index in [0.717, 1.165) is 33.6 Å². The predicted molar refractivity (Wildman–Crippen MR) is 121 cm³/mol. The van der Waals surface area contributed by atoms with Crippen LogP contribution in [0.4, 0.5) is 13.9 Å². The maximum atomic E-state index is 13.6. The van der Waals surface area contributed by atoms with Crippen LogP contribution in [0.25, 0.3) is 11.3 Å². The summed E-state index contributed by atoms with van der Waals surface area (Å²) >= 11 is 1.14. The first-order chi connectivity index (χ1) is 15.8. The van der Waals surface area contributed by atoms with E-state index in [1.165, 1.54) is 22.9 Å². The molecule has 2 aromatic heterocycles. The Hall–Kier alpha value is -3.92. The zero-order chi connectivity index (χ0) is 23.5. The lowest BCUT2D eigenvalue weighted by molar-refractivity contribution is -0.116. The van der Waals surface area contributed by atoms with Crippen LogP contribution < -0.4 is 16.6 Å². The molecule has 0 aliphatic heterocycles. The number of nitrogens with zero attached hydrogens (tertiary/aromatic N) is 3. The quantitative estimate of drug-likeness (QED) is 0.470. The molecule has 168 valence electrons. The summed E-state index contributed by atoms with van der Waals surface area (Å²) < 4.78 is 29.0. The SMILES string of the molecule is Cc1sc(NC(=O)Cn2c(=O)ccn(Cc3ccccc3)c2=O)nc1-c1ccc(F)c(F)c1. The minimum atomic E-state index is -0.999. The van der Waals surface area contributed by atoms with Gasteiger partial charge in [-0.2, -0.15) is 0 Å². The lowest BCUT2D eigenvalue weighted by Gasteiger charge is -2.09. The number of rotatable bonds is 6. The van der Waals surface area contributed by atoms with Crippen molar-refractivity contribution in [1.82, 2.24) is 14.1 Å². The van der Waals surface area contributed by atoms with Crippen LogP contribution in [-0.4, -0.2) is 20.0 Å². The van der Waals surface area contributed by atoms with Crippen molar-refractivity contribution in [3.8, 4) is 11.3 Å². The molecule has 0 bridgehead atoms. The van der Waals surface area contributed by atoms with Gasteiger partial charge in [0.15, 0.2) is 16.8 Å². The molecule has 0 saturated heterocycles. The maximum Gasteiger partial charge on any atom is 0.331 e. The maximum absolute atomic E-state index is 13.6. The zero-order valence-corrected chi connectivity index (χ0v) is 18.2. The number of hydrogen-bond acceptors (Lipinski definition) is 5. The van der Waals surface area contributed by atoms with E-state index in [9.17, 15) is 23.2 Å². The van der Waals surface area contributed by atoms with Crippen molar-refractivity contribution < 1.29 is 13.6 Å². The fourth-order valence-corrected chi connectivity index (χ4v) is 4.12. The monoisotopic (exact) mass is 468 g/mol. The third kappa shape index (κ3) is 4.96. The Morgan fingerprint density at radius 2 is 1.82 bits per heavy atom. The molecule has 4 rings (SSSR count). The number of aryl methyl sites for hydroxylation is 1. The molecule has 4 aromatic rings. The van der Waals surface area contributed by atoms with E-state index in [1.54, 1.807) is 6.92 Å². The van der Waals surface area contributed by atoms with Gasteiger partial charge in [0.25, 0.3) is 5.56 Å². The molecule has 0 spiro atoms. The van der Waals surface area contributed by atoms with Crippen LogP contribution in [0, 0.1) is 18.6 Å². The molecule has 0 unspecified atom stereocenters. The van der Waals surface area contributed by atoms with Crippen molar-refractivity contribution >= 4 is 22.4 Å². The number of nitrogens with one attached hydrogen (secondary N) is 1. The summed E-state index contributed by atoms with van der Waals surface area (Å²) in [5.74, 6) is -2.58. The summed E-state index contributed by atoms with van der Waals surface area (Å²) in [6.07, 6.45) is 1.39. The first kappa shape index (κ1) is 22.3. The average molecular weight is 468 g/mol. The van der Waals surface area contributed by atoms with Gasteiger partial charge in [-0.25, -0.2) is 18.6 Å². The van der Waals surface area contributed by atoms with Crippen molar-refractivity contribution in [2.24, 2.45) is 0 Å². The van der Waals surface area contributed by atoms with Gasteiger partial charge in [-0.1, -0.05) is 30.3 Å². The lowest BCUT2D eigenvalue weighted by atomic mass is 10.1. The molecule has 33 heavy (non-hydrogen) atoms. The molecule has 0 saturated carbocycles. The summed E-state index contributed by atoms with van der Waals surface area (Å²) in [7, 11) is 0. The van der Waals surface area contributed by atoms with Crippen molar-refractivity contribution in [3.63, 3.8) is 0 Å². The Labute approximate surface area is 190 Å². The van der Waals surface area contributed by atoms with Crippen LogP contribution in [0.15, 0.2) is 70.4 Å². The molecule has 2 aromatic carbocycles. The Morgan fingerprint density at radius 3 is 2.55 bits per heavy atom. The Bertz CT molecular complexity index is 1440. The molecule has 10 heteroatoms. The smallest absolute Gasteiger partial charge is 0.300 e. The number of carbonyl (C=O) groups is 1. The van der Waals surface area contributed by atoms with Gasteiger partial charge in [0.2, 0.25) is 5.91 Å². The number of amides is 1. The van der Waals surface area contributed by atoms with Crippen molar-refractivity contribution in [3.05, 3.63) is 104 Å². The molecule has 0 fully saturated rings. The standard InChI is InChI=1S/C23H18F2N4O3S/c1-14-21(16-7-8-17(24)18(25)11-16)27-22(33-14)26-19(30)13-29-20(31)9-10-28(23(29)32)12-15-5-3-2-4-6-15/h2-11H,12-13H2,1H3,(H,26,27,30). The molecular formula is C23H18F2N4O3S. The van der Waals surface area contributed by atoms with Gasteiger partial charge in [0.05, 0.1) is 12.2 Å². The van der Waals surface area contributed by atoms with Gasteiger partial charge in [0.1, 0.15) is 6.54 Å². The summed E-state index contributed by atoms with van der Waals surface area (Å²) in [4.78, 5) is 42.5. The number of aromatic nitrogens is 3. The Morgan fingerprint density at radius 1 is 1.06 bits per heavy atom. The van der Waals surface area contributed by atoms with E-state index in [1.807, 2.05) is 30.3 Å². The highest BCUT2D eigenvalue weighted by molar-refractivity contribution is 7.16. The van der Waals surface area contributed by atoms with E-state index < -0.39 is 35.3 Å². The molecule has 0 radical (unpaired) electrons. The van der Waals surface area contributed by atoms with Gasteiger partial charge < -0.3 is 5.32 Å². The van der Waals surface area contributed by atoms with Crippen molar-refractivity contribution in [2.75, 3.05) is 5.32 Å². The van der Waals surface area contributed by atoms with E-state index in [2.05, 4.69) is 10.3 Å². The third-order valence-electron chi connectivity index (χ3n) is 4.87. The number of benzene rings is 2. The van der Waals surface area contributed by atoms with Crippen molar-refractivity contribution in [2.45, 2.75) is 20.0 Å². The highest BCUT2D eigenvalue weighted by Crippen LogP contribution is 2.31. The van der Waals surface area contributed by atoms with Crippen LogP contribution in [0.5, 0.6) is 0 Å². The van der Waals surface area contributed by atoms with E-state index in [4.69, 9.17) is 0 Å². The Balaban J connectivity index is 1.52. The summed E-state index contributed by atoms with van der Waals surface area (Å²) in [6, 6.07) is 13.9. The molecule has 0 aliphatic carbocycles. The Kier molecular flexibility index (Phi) is 6.27. The normalized spacial score (nSPS) is 10.9. The van der Waals surface area contributed by atoms with Crippen LogP contribution in [0.2, 0.25) is 0 Å². The van der Waals surface area contributed by atoms with E-state index in [0.29, 0.717) is 16.1 Å². The second kappa shape index (κ2) is 9.29. The first-order valence-corrected chi connectivity index (χ1v) is 10.7. The molecule has 1 N–H and O–H groups in total. The molecule has 0 atom stereocenters. The number of thiazole rings is 1. The van der Waals surface area contributed by atoms with Crippen LogP contribution in [0.1, 0.15) is 10.4 Å². The lowest BCUT2D eigenvalue weighted by Crippen LogP contribution is -2.41.